The number of carbonyl (C=O) groups is 1. The standard InChI is InChI=1S/C18H16N2O6S/c1-3-18(14-6-4-13(2)5-7-14)12-26-17(21)19(18)27(24,25)16-10-8-15(9-11-16)20(22)23/h3-11H,1,12H2,2H3. The second-order valence-corrected chi connectivity index (χ2v) is 7.86. The highest BCUT2D eigenvalue weighted by molar-refractivity contribution is 7.89. The van der Waals surface area contributed by atoms with Crippen molar-refractivity contribution in [3.8, 4) is 0 Å². The van der Waals surface area contributed by atoms with Crippen molar-refractivity contribution in [2.24, 2.45) is 0 Å². The fourth-order valence-corrected chi connectivity index (χ4v) is 4.51. The Kier molecular flexibility index (Phi) is 4.48. The minimum absolute atomic E-state index is 0.218. The zero-order valence-electron chi connectivity index (χ0n) is 14.4. The summed E-state index contributed by atoms with van der Waals surface area (Å²) in [6.45, 7) is 5.38. The first kappa shape index (κ1) is 18.6. The number of sulfonamides is 1. The van der Waals surface area contributed by atoms with Crippen LogP contribution in [0.15, 0.2) is 66.1 Å². The SMILES string of the molecule is C=CC1(c2ccc(C)cc2)COC(=O)N1S(=O)(=O)c1ccc([N+](=O)[O-])cc1. The molecule has 8 nitrogen and oxygen atoms in total. The minimum atomic E-state index is -4.34. The number of carbonyl (C=O) groups excluding carboxylic acids is 1. The summed E-state index contributed by atoms with van der Waals surface area (Å²) in [6.07, 6.45) is 0.319. The van der Waals surface area contributed by atoms with Gasteiger partial charge >= 0.3 is 6.09 Å². The van der Waals surface area contributed by atoms with Gasteiger partial charge in [-0.05, 0) is 24.6 Å². The van der Waals surface area contributed by atoms with E-state index in [1.807, 2.05) is 6.92 Å². The molecule has 1 atom stereocenters. The van der Waals surface area contributed by atoms with Gasteiger partial charge in [-0.2, -0.15) is 4.31 Å². The van der Waals surface area contributed by atoms with Crippen molar-refractivity contribution in [2.75, 3.05) is 6.61 Å². The lowest BCUT2D eigenvalue weighted by atomic mass is 9.91. The molecular weight excluding hydrogens is 372 g/mol. The molecule has 0 bridgehead atoms. The van der Waals surface area contributed by atoms with Gasteiger partial charge in [-0.3, -0.25) is 10.1 Å². The van der Waals surface area contributed by atoms with Crippen LogP contribution in [0.5, 0.6) is 0 Å². The van der Waals surface area contributed by atoms with E-state index in [1.165, 1.54) is 6.08 Å². The van der Waals surface area contributed by atoms with E-state index < -0.39 is 26.6 Å². The summed E-state index contributed by atoms with van der Waals surface area (Å²) in [5.74, 6) is 0. The van der Waals surface area contributed by atoms with Crippen molar-refractivity contribution in [3.05, 3.63) is 82.4 Å². The number of amides is 1. The number of nitrogens with zero attached hydrogens (tertiary/aromatic N) is 2. The van der Waals surface area contributed by atoms with E-state index in [1.54, 1.807) is 24.3 Å². The molecule has 27 heavy (non-hydrogen) atoms. The third-order valence-corrected chi connectivity index (χ3v) is 6.24. The Balaban J connectivity index is 2.13. The van der Waals surface area contributed by atoms with Gasteiger partial charge in [0, 0.05) is 12.1 Å². The lowest BCUT2D eigenvalue weighted by molar-refractivity contribution is -0.384. The van der Waals surface area contributed by atoms with Crippen LogP contribution in [0.1, 0.15) is 11.1 Å². The van der Waals surface area contributed by atoms with Crippen molar-refractivity contribution in [1.29, 1.82) is 0 Å². The van der Waals surface area contributed by atoms with Crippen LogP contribution in [-0.4, -0.2) is 30.3 Å². The summed E-state index contributed by atoms with van der Waals surface area (Å²) >= 11 is 0. The number of hydrogen-bond donors (Lipinski definition) is 0. The van der Waals surface area contributed by atoms with Gasteiger partial charge in [0.1, 0.15) is 12.1 Å². The molecule has 2 aromatic carbocycles. The fraction of sp³-hybridized carbons (Fsp3) is 0.167. The second-order valence-electron chi connectivity index (χ2n) is 6.07. The van der Waals surface area contributed by atoms with Crippen molar-refractivity contribution in [2.45, 2.75) is 17.4 Å². The van der Waals surface area contributed by atoms with E-state index in [2.05, 4.69) is 6.58 Å². The summed E-state index contributed by atoms with van der Waals surface area (Å²) in [6, 6.07) is 11.3. The van der Waals surface area contributed by atoms with Gasteiger partial charge in [-0.25, -0.2) is 13.2 Å². The normalized spacial score (nSPS) is 19.6. The smallest absolute Gasteiger partial charge is 0.425 e. The first-order valence-corrected chi connectivity index (χ1v) is 9.34. The number of nitro benzene ring substituents is 1. The Bertz CT molecular complexity index is 1010. The highest BCUT2D eigenvalue weighted by Crippen LogP contribution is 2.40. The molecule has 0 spiro atoms. The van der Waals surface area contributed by atoms with Gasteiger partial charge in [0.25, 0.3) is 15.7 Å². The van der Waals surface area contributed by atoms with Crippen LogP contribution in [0.4, 0.5) is 10.5 Å². The highest BCUT2D eigenvalue weighted by atomic mass is 32.2. The van der Waals surface area contributed by atoms with Crippen molar-refractivity contribution in [1.82, 2.24) is 4.31 Å². The third kappa shape index (κ3) is 2.95. The maximum absolute atomic E-state index is 13.1. The maximum atomic E-state index is 13.1. The molecule has 1 aliphatic heterocycles. The molecule has 140 valence electrons. The fourth-order valence-electron chi connectivity index (χ4n) is 2.91. The van der Waals surface area contributed by atoms with E-state index >= 15 is 0 Å². The van der Waals surface area contributed by atoms with Crippen LogP contribution in [0.2, 0.25) is 0 Å². The third-order valence-electron chi connectivity index (χ3n) is 4.42. The van der Waals surface area contributed by atoms with Gasteiger partial charge in [0.2, 0.25) is 0 Å². The largest absolute Gasteiger partial charge is 0.445 e. The maximum Gasteiger partial charge on any atom is 0.425 e. The minimum Gasteiger partial charge on any atom is -0.445 e. The zero-order chi connectivity index (χ0) is 19.8. The predicted molar refractivity (Wildman–Crippen MR) is 96.5 cm³/mol. The van der Waals surface area contributed by atoms with E-state index in [0.29, 0.717) is 9.87 Å². The topological polar surface area (TPSA) is 107 Å². The Labute approximate surface area is 155 Å². The molecule has 1 aliphatic rings. The first-order valence-electron chi connectivity index (χ1n) is 7.90. The number of cyclic esters (lactones) is 1. The monoisotopic (exact) mass is 388 g/mol. The van der Waals surface area contributed by atoms with Gasteiger partial charge in [-0.1, -0.05) is 35.9 Å². The molecule has 1 heterocycles. The highest BCUT2D eigenvalue weighted by Gasteiger charge is 2.53. The second kappa shape index (κ2) is 6.51. The molecule has 2 aromatic rings. The molecule has 0 N–H and O–H groups in total. The van der Waals surface area contributed by atoms with Crippen LogP contribution in [0.3, 0.4) is 0 Å². The van der Waals surface area contributed by atoms with Gasteiger partial charge in [-0.15, -0.1) is 6.58 Å². The van der Waals surface area contributed by atoms with Crippen molar-refractivity contribution in [3.63, 3.8) is 0 Å². The Morgan fingerprint density at radius 1 is 1.19 bits per heavy atom. The number of rotatable bonds is 5. The molecule has 9 heteroatoms. The van der Waals surface area contributed by atoms with E-state index in [0.717, 1.165) is 29.8 Å². The van der Waals surface area contributed by atoms with Crippen LogP contribution in [0.25, 0.3) is 0 Å². The number of hydrogen-bond acceptors (Lipinski definition) is 6. The first-order chi connectivity index (χ1) is 12.7. The summed E-state index contributed by atoms with van der Waals surface area (Å²) in [4.78, 5) is 22.2. The molecule has 0 saturated carbocycles. The molecular formula is C18H16N2O6S. The van der Waals surface area contributed by atoms with E-state index in [-0.39, 0.29) is 17.2 Å². The number of benzene rings is 2. The van der Waals surface area contributed by atoms with Gasteiger partial charge in [0.15, 0.2) is 0 Å². The van der Waals surface area contributed by atoms with Crippen molar-refractivity contribution < 1.29 is 22.9 Å². The lowest BCUT2D eigenvalue weighted by Crippen LogP contribution is -2.46. The van der Waals surface area contributed by atoms with Crippen LogP contribution in [0, 0.1) is 17.0 Å². The number of nitro groups is 1. The van der Waals surface area contributed by atoms with Gasteiger partial charge < -0.3 is 4.74 Å². The summed E-state index contributed by atoms with van der Waals surface area (Å²) < 4.78 is 32.0. The van der Waals surface area contributed by atoms with Crippen LogP contribution < -0.4 is 0 Å². The molecule has 0 radical (unpaired) electrons. The molecule has 1 amide bonds. The van der Waals surface area contributed by atoms with Crippen LogP contribution >= 0.6 is 0 Å². The number of non-ortho nitro benzene ring substituents is 1. The predicted octanol–water partition coefficient (Wildman–Crippen LogP) is 3.13. The summed E-state index contributed by atoms with van der Waals surface area (Å²) in [5.41, 5.74) is -0.176. The number of aryl methyl sites for hydroxylation is 1. The molecule has 1 saturated heterocycles. The average Bonchev–Trinajstić information content (AvgIpc) is 3.00. The van der Waals surface area contributed by atoms with Gasteiger partial charge in [0.05, 0.1) is 9.82 Å². The average molecular weight is 388 g/mol. The molecule has 3 rings (SSSR count). The Morgan fingerprint density at radius 2 is 1.78 bits per heavy atom. The lowest BCUT2D eigenvalue weighted by Gasteiger charge is -2.32. The Morgan fingerprint density at radius 3 is 2.30 bits per heavy atom. The summed E-state index contributed by atoms with van der Waals surface area (Å²) in [7, 11) is -4.34. The number of ether oxygens (including phenoxy) is 1. The van der Waals surface area contributed by atoms with E-state index in [9.17, 15) is 23.3 Å². The zero-order valence-corrected chi connectivity index (χ0v) is 15.2. The molecule has 1 unspecified atom stereocenters. The summed E-state index contributed by atoms with van der Waals surface area (Å²) in [5, 5.41) is 10.8. The van der Waals surface area contributed by atoms with E-state index in [4.69, 9.17) is 4.74 Å². The molecule has 1 fully saturated rings. The van der Waals surface area contributed by atoms with Crippen molar-refractivity contribution >= 4 is 21.8 Å². The molecule has 0 aliphatic carbocycles. The quantitative estimate of drug-likeness (QED) is 0.442. The molecule has 0 aromatic heterocycles. The Hall–Kier alpha value is -3.20. The van der Waals surface area contributed by atoms with Crippen LogP contribution in [-0.2, 0) is 20.3 Å².